The van der Waals surface area contributed by atoms with E-state index in [0.717, 1.165) is 0 Å². The van der Waals surface area contributed by atoms with Crippen LogP contribution in [0, 0.1) is 5.92 Å². The van der Waals surface area contributed by atoms with Crippen LogP contribution in [-0.2, 0) is 35.2 Å². The third-order valence-electron chi connectivity index (χ3n) is 10.1. The van der Waals surface area contributed by atoms with Crippen molar-refractivity contribution in [3.63, 3.8) is 0 Å². The van der Waals surface area contributed by atoms with Gasteiger partial charge in [0, 0.05) is 39.1 Å². The van der Waals surface area contributed by atoms with E-state index in [1.807, 2.05) is 13.8 Å². The van der Waals surface area contributed by atoms with Crippen LogP contribution >= 0.6 is 0 Å². The lowest BCUT2D eigenvalue weighted by Gasteiger charge is -2.31. The second-order valence-electron chi connectivity index (χ2n) is 16.0. The van der Waals surface area contributed by atoms with Crippen molar-refractivity contribution >= 4 is 53.4 Å². The Balaban J connectivity index is 2.32. The fourth-order valence-corrected chi connectivity index (χ4v) is 6.62. The molecule has 20 N–H and O–H groups in total. The van der Waals surface area contributed by atoms with Crippen LogP contribution in [0.1, 0.15) is 84.1 Å². The van der Waals surface area contributed by atoms with Gasteiger partial charge in [0.1, 0.15) is 36.0 Å². The molecule has 0 aromatic heterocycles. The maximum Gasteiger partial charge on any atom is 0.336 e. The van der Waals surface area contributed by atoms with E-state index in [9.17, 15) is 38.7 Å². The summed E-state index contributed by atoms with van der Waals surface area (Å²) in [6.07, 6.45) is 2.60. The Morgan fingerprint density at radius 1 is 0.656 bits per heavy atom. The molecule has 0 saturated carbocycles. The molecule has 24 heteroatoms. The SMILES string of the molecule is CCC[C@H](NC(=O)[C@H](CCCN=C(N)N)NC(=O)N1CCCN1C(=O)[C@@H](N)CCCN=C(N)N)C(=O)N[C@@H](Cc1ccc(O)cc1)C(=O)N[C@@H](CN)C(=O)N[C@@H](CCC(C)C)C(N)=O. The van der Waals surface area contributed by atoms with Crippen LogP contribution in [0.3, 0.4) is 0 Å². The van der Waals surface area contributed by atoms with E-state index >= 15 is 0 Å². The minimum Gasteiger partial charge on any atom is -0.508 e. The Labute approximate surface area is 373 Å². The largest absolute Gasteiger partial charge is 0.508 e. The number of benzene rings is 1. The monoisotopic (exact) mass is 903 g/mol. The van der Waals surface area contributed by atoms with Crippen molar-refractivity contribution in [1.82, 2.24) is 36.6 Å². The lowest BCUT2D eigenvalue weighted by molar-refractivity contribution is -0.141. The van der Waals surface area contributed by atoms with Crippen LogP contribution in [-0.4, -0.2) is 137 Å². The molecule has 0 aliphatic carbocycles. The molecular weight excluding hydrogens is 833 g/mol. The van der Waals surface area contributed by atoms with Crippen molar-refractivity contribution < 1.29 is 38.7 Å². The van der Waals surface area contributed by atoms with Crippen LogP contribution in [0.15, 0.2) is 34.3 Å². The number of hydrogen-bond acceptors (Lipinski definition) is 12. The van der Waals surface area contributed by atoms with Crippen molar-refractivity contribution in [2.75, 3.05) is 32.7 Å². The number of hydrazine groups is 1. The molecule has 1 aliphatic heterocycles. The van der Waals surface area contributed by atoms with E-state index in [1.165, 1.54) is 22.2 Å². The number of guanidine groups is 2. The van der Waals surface area contributed by atoms with Crippen LogP contribution in [0.5, 0.6) is 5.75 Å². The summed E-state index contributed by atoms with van der Waals surface area (Å²) < 4.78 is 0. The number of nitrogens with two attached hydrogens (primary N) is 7. The molecule has 0 radical (unpaired) electrons. The van der Waals surface area contributed by atoms with Gasteiger partial charge in [0.2, 0.25) is 29.5 Å². The Kier molecular flexibility index (Phi) is 23.2. The summed E-state index contributed by atoms with van der Waals surface area (Å²) in [7, 11) is 0. The van der Waals surface area contributed by atoms with Crippen LogP contribution in [0.25, 0.3) is 0 Å². The first-order chi connectivity index (χ1) is 30.3. The zero-order valence-electron chi connectivity index (χ0n) is 37.1. The summed E-state index contributed by atoms with van der Waals surface area (Å²) in [5.41, 5.74) is 39.8. The standard InChI is InChI=1S/C40H70N16O8/c1-4-8-28(33(59)52-30(21-24-12-14-25(57)15-13-24)35(61)53-31(22-41)36(62)50-27(32(43)58)16-11-23(2)3)51-34(60)29(10-6-18-49-39(46)47)54-40(64)56-20-7-19-55(56)37(63)26(42)9-5-17-48-38(44)45/h12-15,23,26-31,57H,4-11,16-22,41-42H2,1-3H3,(H2,43,58)(H,50,62)(H,51,60)(H,52,59)(H,53,61)(H,54,64)(H4,44,45,48)(H4,46,47,49)/t26-,27-,28-,29-,30-,31-/m0/s1. The van der Waals surface area contributed by atoms with E-state index in [-0.39, 0.29) is 94.8 Å². The number of nitrogens with one attached hydrogen (secondary N) is 5. The van der Waals surface area contributed by atoms with Gasteiger partial charge in [-0.25, -0.2) is 14.8 Å². The zero-order valence-corrected chi connectivity index (χ0v) is 37.1. The van der Waals surface area contributed by atoms with Gasteiger partial charge in [0.25, 0.3) is 5.91 Å². The number of nitrogens with zero attached hydrogens (tertiary/aromatic N) is 4. The molecule has 2 rings (SSSR count). The van der Waals surface area contributed by atoms with Gasteiger partial charge < -0.3 is 71.8 Å². The van der Waals surface area contributed by atoms with Gasteiger partial charge in [-0.3, -0.25) is 38.8 Å². The van der Waals surface area contributed by atoms with Gasteiger partial charge in [-0.1, -0.05) is 39.3 Å². The molecule has 24 nitrogen and oxygen atoms in total. The summed E-state index contributed by atoms with van der Waals surface area (Å²) in [5, 5.41) is 25.4. The topological polar surface area (TPSA) is 413 Å². The quantitative estimate of drug-likeness (QED) is 0.0232. The molecule has 1 saturated heterocycles. The maximum absolute atomic E-state index is 14.0. The summed E-state index contributed by atoms with van der Waals surface area (Å²) in [5.74, 6) is -4.43. The predicted octanol–water partition coefficient (Wildman–Crippen LogP) is -3.48. The second kappa shape index (κ2) is 27.6. The second-order valence-corrected chi connectivity index (χ2v) is 16.0. The van der Waals surface area contributed by atoms with Crippen molar-refractivity contribution in [3.05, 3.63) is 29.8 Å². The molecule has 64 heavy (non-hydrogen) atoms. The molecule has 0 unspecified atom stereocenters. The van der Waals surface area contributed by atoms with E-state index in [1.54, 1.807) is 19.1 Å². The first kappa shape index (κ1) is 53.7. The number of carbonyl (C=O) groups excluding carboxylic acids is 7. The number of primary amides is 1. The fraction of sp³-hybridized carbons (Fsp3) is 0.625. The highest BCUT2D eigenvalue weighted by Gasteiger charge is 2.36. The summed E-state index contributed by atoms with van der Waals surface area (Å²) in [4.78, 5) is 102. The first-order valence-corrected chi connectivity index (χ1v) is 21.5. The van der Waals surface area contributed by atoms with Gasteiger partial charge >= 0.3 is 6.03 Å². The molecule has 1 aliphatic rings. The summed E-state index contributed by atoms with van der Waals surface area (Å²) in [6.45, 7) is 6.04. The lowest BCUT2D eigenvalue weighted by Crippen LogP contribution is -2.61. The highest BCUT2D eigenvalue weighted by atomic mass is 16.3. The number of phenols is 1. The van der Waals surface area contributed by atoms with E-state index in [0.29, 0.717) is 31.2 Å². The number of carbonyl (C=O) groups is 7. The lowest BCUT2D eigenvalue weighted by atomic mass is 10.0. The van der Waals surface area contributed by atoms with Crippen LogP contribution in [0.4, 0.5) is 4.79 Å². The molecule has 1 fully saturated rings. The van der Waals surface area contributed by atoms with E-state index < -0.39 is 77.7 Å². The van der Waals surface area contributed by atoms with Crippen molar-refractivity contribution in [2.24, 2.45) is 56.0 Å². The highest BCUT2D eigenvalue weighted by molar-refractivity contribution is 5.96. The number of phenolic OH excluding ortho intramolecular Hbond substituents is 1. The van der Waals surface area contributed by atoms with E-state index in [4.69, 9.17) is 40.1 Å². The number of aliphatic imine (C=N–C) groups is 2. The Morgan fingerprint density at radius 3 is 1.70 bits per heavy atom. The predicted molar refractivity (Wildman–Crippen MR) is 240 cm³/mol. The average molecular weight is 903 g/mol. The van der Waals surface area contributed by atoms with Gasteiger partial charge in [-0.2, -0.15) is 0 Å². The minimum absolute atomic E-state index is 0.0173. The maximum atomic E-state index is 14.0. The molecule has 1 aromatic carbocycles. The first-order valence-electron chi connectivity index (χ1n) is 21.5. The Bertz CT molecular complexity index is 1770. The Morgan fingerprint density at radius 2 is 1.16 bits per heavy atom. The van der Waals surface area contributed by atoms with Gasteiger partial charge in [0.15, 0.2) is 11.9 Å². The number of amides is 8. The third kappa shape index (κ3) is 18.9. The van der Waals surface area contributed by atoms with Crippen molar-refractivity contribution in [3.8, 4) is 5.75 Å². The minimum atomic E-state index is -1.34. The zero-order chi connectivity index (χ0) is 47.9. The number of hydrogen-bond donors (Lipinski definition) is 13. The molecule has 6 atom stereocenters. The summed E-state index contributed by atoms with van der Waals surface area (Å²) >= 11 is 0. The number of urea groups is 1. The highest BCUT2D eigenvalue weighted by Crippen LogP contribution is 2.16. The van der Waals surface area contributed by atoms with Crippen LogP contribution in [0.2, 0.25) is 0 Å². The fourth-order valence-electron chi connectivity index (χ4n) is 6.62. The number of aromatic hydroxyl groups is 1. The van der Waals surface area contributed by atoms with E-state index in [2.05, 4.69) is 36.6 Å². The Hall–Kier alpha value is -6.43. The van der Waals surface area contributed by atoms with Gasteiger partial charge in [0.05, 0.1) is 6.04 Å². The molecule has 1 aromatic rings. The van der Waals surface area contributed by atoms with Gasteiger partial charge in [-0.05, 0) is 75.0 Å². The molecule has 358 valence electrons. The molecule has 1 heterocycles. The molecule has 0 bridgehead atoms. The number of rotatable bonds is 27. The third-order valence-corrected chi connectivity index (χ3v) is 10.1. The molecule has 8 amide bonds. The smallest absolute Gasteiger partial charge is 0.336 e. The normalized spacial score (nSPS) is 15.1. The summed E-state index contributed by atoms with van der Waals surface area (Å²) in [6, 6.07) is -1.99. The van der Waals surface area contributed by atoms with Gasteiger partial charge in [-0.15, -0.1) is 0 Å². The van der Waals surface area contributed by atoms with Crippen LogP contribution < -0.4 is 66.7 Å². The van der Waals surface area contributed by atoms with Crippen molar-refractivity contribution in [1.29, 1.82) is 0 Å². The molecule has 0 spiro atoms. The van der Waals surface area contributed by atoms with Crippen molar-refractivity contribution in [2.45, 2.75) is 121 Å². The molecular formula is C40H70N16O8. The average Bonchev–Trinajstić information content (AvgIpc) is 3.73.